The quantitative estimate of drug-likeness (QED) is 0.603. The van der Waals surface area contributed by atoms with Crippen LogP contribution in [0.25, 0.3) is 0 Å². The molecular formula is C11H13NO4. The van der Waals surface area contributed by atoms with Gasteiger partial charge in [0.05, 0.1) is 12.3 Å². The predicted molar refractivity (Wildman–Crippen MR) is 57.8 cm³/mol. The van der Waals surface area contributed by atoms with E-state index in [1.54, 1.807) is 19.1 Å². The lowest BCUT2D eigenvalue weighted by atomic mass is 10.1. The van der Waals surface area contributed by atoms with Crippen molar-refractivity contribution in [2.75, 3.05) is 25.6 Å². The molecule has 0 saturated carbocycles. The maximum Gasteiger partial charge on any atom is 0.342 e. The molecule has 16 heavy (non-hydrogen) atoms. The second-order valence-corrected chi connectivity index (χ2v) is 3.28. The molecule has 1 aliphatic rings. The van der Waals surface area contributed by atoms with E-state index in [1.165, 1.54) is 0 Å². The van der Waals surface area contributed by atoms with Crippen molar-refractivity contribution >= 4 is 11.7 Å². The van der Waals surface area contributed by atoms with Crippen LogP contribution in [0.1, 0.15) is 17.3 Å². The normalized spacial score (nSPS) is 13.3. The van der Waals surface area contributed by atoms with Crippen LogP contribution in [0.2, 0.25) is 0 Å². The third kappa shape index (κ3) is 1.76. The Hall–Kier alpha value is -1.91. The smallest absolute Gasteiger partial charge is 0.342 e. The molecule has 0 bridgehead atoms. The molecule has 0 unspecified atom stereocenters. The summed E-state index contributed by atoms with van der Waals surface area (Å²) in [4.78, 5) is 11.6. The van der Waals surface area contributed by atoms with Gasteiger partial charge < -0.3 is 19.9 Å². The molecule has 0 atom stereocenters. The second kappa shape index (κ2) is 4.30. The Kier molecular flexibility index (Phi) is 2.85. The van der Waals surface area contributed by atoms with Gasteiger partial charge in [-0.05, 0) is 19.1 Å². The summed E-state index contributed by atoms with van der Waals surface area (Å²) in [7, 11) is 0. The van der Waals surface area contributed by atoms with Gasteiger partial charge in [0.15, 0.2) is 11.5 Å². The third-order valence-corrected chi connectivity index (χ3v) is 2.21. The van der Waals surface area contributed by atoms with E-state index in [0.717, 1.165) is 0 Å². The van der Waals surface area contributed by atoms with E-state index in [1.807, 2.05) is 0 Å². The number of rotatable bonds is 2. The topological polar surface area (TPSA) is 70.8 Å². The van der Waals surface area contributed by atoms with Crippen LogP contribution in [0.4, 0.5) is 5.69 Å². The van der Waals surface area contributed by atoms with Gasteiger partial charge in [0, 0.05) is 0 Å². The fraction of sp³-hybridized carbons (Fsp3) is 0.364. The number of hydrogen-bond acceptors (Lipinski definition) is 5. The first-order valence-electron chi connectivity index (χ1n) is 5.09. The van der Waals surface area contributed by atoms with Crippen molar-refractivity contribution in [2.45, 2.75) is 6.92 Å². The molecule has 1 aromatic rings. The minimum Gasteiger partial charge on any atom is -0.485 e. The molecule has 0 aliphatic carbocycles. The molecule has 2 N–H and O–H groups in total. The summed E-state index contributed by atoms with van der Waals surface area (Å²) < 4.78 is 15.7. The van der Waals surface area contributed by atoms with Crippen molar-refractivity contribution in [3.63, 3.8) is 0 Å². The Morgan fingerprint density at radius 1 is 1.38 bits per heavy atom. The van der Waals surface area contributed by atoms with E-state index in [9.17, 15) is 4.79 Å². The zero-order valence-electron chi connectivity index (χ0n) is 8.99. The van der Waals surface area contributed by atoms with Crippen LogP contribution in [-0.2, 0) is 4.74 Å². The summed E-state index contributed by atoms with van der Waals surface area (Å²) in [5.74, 6) is 0.380. The molecule has 0 saturated heterocycles. The molecule has 0 amide bonds. The van der Waals surface area contributed by atoms with E-state index in [-0.39, 0.29) is 0 Å². The van der Waals surface area contributed by atoms with E-state index >= 15 is 0 Å². The van der Waals surface area contributed by atoms with E-state index in [2.05, 4.69) is 0 Å². The van der Waals surface area contributed by atoms with Crippen molar-refractivity contribution < 1.29 is 19.0 Å². The highest BCUT2D eigenvalue weighted by Gasteiger charge is 2.23. The number of carbonyl (C=O) groups excluding carboxylic acids is 1. The van der Waals surface area contributed by atoms with Gasteiger partial charge in [-0.2, -0.15) is 0 Å². The zero-order valence-corrected chi connectivity index (χ0v) is 8.99. The summed E-state index contributed by atoms with van der Waals surface area (Å²) in [6.07, 6.45) is 0. The van der Waals surface area contributed by atoms with Crippen molar-refractivity contribution in [3.8, 4) is 11.5 Å². The lowest BCUT2D eigenvalue weighted by Gasteiger charge is -2.21. The van der Waals surface area contributed by atoms with Crippen molar-refractivity contribution in [2.24, 2.45) is 0 Å². The summed E-state index contributed by atoms with van der Waals surface area (Å²) in [5.41, 5.74) is 6.54. The van der Waals surface area contributed by atoms with Gasteiger partial charge >= 0.3 is 5.97 Å². The van der Waals surface area contributed by atoms with Gasteiger partial charge in [-0.15, -0.1) is 0 Å². The van der Waals surface area contributed by atoms with Gasteiger partial charge in [-0.1, -0.05) is 0 Å². The number of anilines is 1. The SMILES string of the molecule is CCOC(=O)c1ccc(N)c2c1OCCO2. The molecule has 0 radical (unpaired) electrons. The Labute approximate surface area is 93.1 Å². The average Bonchev–Trinajstić information content (AvgIpc) is 2.30. The van der Waals surface area contributed by atoms with Crippen molar-refractivity contribution in [3.05, 3.63) is 17.7 Å². The van der Waals surface area contributed by atoms with Crippen LogP contribution in [0.15, 0.2) is 12.1 Å². The van der Waals surface area contributed by atoms with E-state index < -0.39 is 5.97 Å². The number of carbonyl (C=O) groups is 1. The van der Waals surface area contributed by atoms with Gasteiger partial charge in [-0.3, -0.25) is 0 Å². The molecule has 2 rings (SSSR count). The summed E-state index contributed by atoms with van der Waals surface area (Å²) in [5, 5.41) is 0. The van der Waals surface area contributed by atoms with Crippen LogP contribution in [0, 0.1) is 0 Å². The van der Waals surface area contributed by atoms with Crippen molar-refractivity contribution in [1.82, 2.24) is 0 Å². The third-order valence-electron chi connectivity index (χ3n) is 2.21. The average molecular weight is 223 g/mol. The number of nitrogens with two attached hydrogens (primary N) is 1. The number of nitrogen functional groups attached to an aromatic ring is 1. The first-order chi connectivity index (χ1) is 7.74. The second-order valence-electron chi connectivity index (χ2n) is 3.28. The monoisotopic (exact) mass is 223 g/mol. The molecule has 1 heterocycles. The molecule has 0 fully saturated rings. The Morgan fingerprint density at radius 2 is 2.06 bits per heavy atom. The fourth-order valence-electron chi connectivity index (χ4n) is 1.53. The number of fused-ring (bicyclic) bond motifs is 1. The van der Waals surface area contributed by atoms with Gasteiger partial charge in [0.1, 0.15) is 18.8 Å². The summed E-state index contributed by atoms with van der Waals surface area (Å²) in [6.45, 7) is 2.91. The molecular weight excluding hydrogens is 210 g/mol. The molecule has 86 valence electrons. The molecule has 1 aliphatic heterocycles. The van der Waals surface area contributed by atoms with Gasteiger partial charge in [0.25, 0.3) is 0 Å². The first-order valence-corrected chi connectivity index (χ1v) is 5.09. The number of ether oxygens (including phenoxy) is 3. The fourth-order valence-corrected chi connectivity index (χ4v) is 1.53. The van der Waals surface area contributed by atoms with Gasteiger partial charge in [0.2, 0.25) is 0 Å². The molecule has 0 spiro atoms. The minimum atomic E-state index is -0.427. The molecule has 5 nitrogen and oxygen atoms in total. The van der Waals surface area contributed by atoms with Crippen LogP contribution in [0.5, 0.6) is 11.5 Å². The number of esters is 1. The highest BCUT2D eigenvalue weighted by atomic mass is 16.6. The van der Waals surface area contributed by atoms with Crippen LogP contribution >= 0.6 is 0 Å². The highest BCUT2D eigenvalue weighted by molar-refractivity contribution is 5.95. The zero-order chi connectivity index (χ0) is 11.5. The Morgan fingerprint density at radius 3 is 2.75 bits per heavy atom. The largest absolute Gasteiger partial charge is 0.485 e. The predicted octanol–water partition coefficient (Wildman–Crippen LogP) is 1.22. The highest BCUT2D eigenvalue weighted by Crippen LogP contribution is 2.39. The Balaban J connectivity index is 2.42. The lowest BCUT2D eigenvalue weighted by molar-refractivity contribution is 0.0516. The standard InChI is InChI=1S/C11H13NO4/c1-2-14-11(13)7-3-4-8(12)10-9(7)15-5-6-16-10/h3-4H,2,5-6,12H2,1H3. The first kappa shape index (κ1) is 10.6. The lowest BCUT2D eigenvalue weighted by Crippen LogP contribution is -2.19. The molecule has 0 aromatic heterocycles. The van der Waals surface area contributed by atoms with Crippen LogP contribution in [-0.4, -0.2) is 25.8 Å². The maximum atomic E-state index is 11.6. The number of hydrogen-bond donors (Lipinski definition) is 1. The van der Waals surface area contributed by atoms with Crippen LogP contribution in [0.3, 0.4) is 0 Å². The van der Waals surface area contributed by atoms with Crippen molar-refractivity contribution in [1.29, 1.82) is 0 Å². The summed E-state index contributed by atoms with van der Waals surface area (Å²) >= 11 is 0. The maximum absolute atomic E-state index is 11.6. The van der Waals surface area contributed by atoms with Crippen LogP contribution < -0.4 is 15.2 Å². The van der Waals surface area contributed by atoms with E-state index in [0.29, 0.717) is 42.6 Å². The van der Waals surface area contributed by atoms with E-state index in [4.69, 9.17) is 19.9 Å². The summed E-state index contributed by atoms with van der Waals surface area (Å²) in [6, 6.07) is 3.20. The Bertz CT molecular complexity index is 417. The minimum absolute atomic E-state index is 0.318. The molecule has 1 aromatic carbocycles. The molecule has 5 heteroatoms. The van der Waals surface area contributed by atoms with Gasteiger partial charge in [-0.25, -0.2) is 4.79 Å². The number of benzene rings is 1.